The number of hydrogen-bond donors (Lipinski definition) is 5. The van der Waals surface area contributed by atoms with E-state index in [9.17, 15) is 9.90 Å². The minimum Gasteiger partial charge on any atom is -0.394 e. The maximum atomic E-state index is 12.8. The highest BCUT2D eigenvalue weighted by Gasteiger charge is 2.29. The first kappa shape index (κ1) is 22.3. The third-order valence-corrected chi connectivity index (χ3v) is 6.85. The monoisotopic (exact) mass is 455 g/mol. The minimum atomic E-state index is -0.280. The van der Waals surface area contributed by atoms with E-state index in [1.54, 1.807) is 13.2 Å². The normalized spacial score (nSPS) is 18.7. The summed E-state index contributed by atoms with van der Waals surface area (Å²) in [5.41, 5.74) is 8.40. The van der Waals surface area contributed by atoms with Gasteiger partial charge in [0.15, 0.2) is 0 Å². The molecule has 0 aliphatic carbocycles. The molecule has 1 atom stereocenters. The number of fused-ring (bicyclic) bond motifs is 1. The van der Waals surface area contributed by atoms with Crippen LogP contribution in [0.1, 0.15) is 22.2 Å². The molecule has 170 valence electrons. The number of carbonyl (C=O) groups is 1. The van der Waals surface area contributed by atoms with E-state index in [-0.39, 0.29) is 24.0 Å². The summed E-state index contributed by atoms with van der Waals surface area (Å²) < 4.78 is 0. The molecule has 1 aliphatic heterocycles. The Morgan fingerprint density at radius 3 is 2.88 bits per heavy atom. The maximum absolute atomic E-state index is 12.8. The number of amides is 1. The second-order valence-electron chi connectivity index (χ2n) is 8.24. The van der Waals surface area contributed by atoms with Gasteiger partial charge in [-0.3, -0.25) is 4.79 Å². The van der Waals surface area contributed by atoms with E-state index < -0.39 is 0 Å². The van der Waals surface area contributed by atoms with Gasteiger partial charge in [-0.1, -0.05) is 12.1 Å². The molecule has 1 aromatic carbocycles. The van der Waals surface area contributed by atoms with Gasteiger partial charge in [-0.05, 0) is 31.0 Å². The molecule has 1 saturated heterocycles. The summed E-state index contributed by atoms with van der Waals surface area (Å²) in [4.78, 5) is 24.6. The number of anilines is 3. The zero-order chi connectivity index (χ0) is 22.7. The molecule has 10 heteroatoms. The lowest BCUT2D eigenvalue weighted by atomic mass is 9.99. The number of benzene rings is 1. The van der Waals surface area contributed by atoms with Crippen LogP contribution in [0.2, 0.25) is 0 Å². The molecule has 1 amide bonds. The Kier molecular flexibility index (Phi) is 6.45. The zero-order valence-electron chi connectivity index (χ0n) is 18.3. The second-order valence-corrected chi connectivity index (χ2v) is 9.24. The molecule has 1 unspecified atom stereocenters. The number of hydrogen-bond acceptors (Lipinski definition) is 9. The Hall–Kier alpha value is -2.95. The predicted molar refractivity (Wildman–Crippen MR) is 130 cm³/mol. The highest BCUT2D eigenvalue weighted by Crippen LogP contribution is 2.34. The van der Waals surface area contributed by atoms with Crippen molar-refractivity contribution in [2.24, 2.45) is 0 Å². The Morgan fingerprint density at radius 2 is 2.16 bits per heavy atom. The SMILES string of the molecule is CNc1c(C(=O)NCCc2ccc(N3CCNC(C)(CO)C3)cc2)sc2nc(N)ncc12. The van der Waals surface area contributed by atoms with E-state index in [1.165, 1.54) is 11.3 Å². The van der Waals surface area contributed by atoms with Crippen molar-refractivity contribution in [3.63, 3.8) is 0 Å². The summed E-state index contributed by atoms with van der Waals surface area (Å²) in [7, 11) is 1.78. The Morgan fingerprint density at radius 1 is 1.38 bits per heavy atom. The first-order valence-corrected chi connectivity index (χ1v) is 11.4. The summed E-state index contributed by atoms with van der Waals surface area (Å²) in [6.45, 7) is 5.18. The number of aromatic nitrogens is 2. The van der Waals surface area contributed by atoms with Crippen LogP contribution in [0.5, 0.6) is 0 Å². The Bertz CT molecular complexity index is 1100. The molecule has 3 aromatic rings. The van der Waals surface area contributed by atoms with Crippen molar-refractivity contribution in [1.82, 2.24) is 20.6 Å². The molecule has 2 aromatic heterocycles. The lowest BCUT2D eigenvalue weighted by Crippen LogP contribution is -2.60. The van der Waals surface area contributed by atoms with E-state index in [0.29, 0.717) is 16.3 Å². The standard InChI is InChI=1S/C22H29N7O2S/c1-22(13-30)12-29(10-9-27-22)15-5-3-14(4-6-15)7-8-25-19(31)18-17(24-2)16-11-26-21(23)28-20(16)32-18/h3-6,11,24,27,30H,7-10,12-13H2,1-2H3,(H,25,31)(H2,23,26,28). The molecule has 4 rings (SSSR count). The van der Waals surface area contributed by atoms with Crippen LogP contribution in [0.3, 0.4) is 0 Å². The van der Waals surface area contributed by atoms with E-state index in [2.05, 4.69) is 55.1 Å². The smallest absolute Gasteiger partial charge is 0.263 e. The summed E-state index contributed by atoms with van der Waals surface area (Å²) >= 11 is 1.30. The van der Waals surface area contributed by atoms with Gasteiger partial charge in [0.05, 0.1) is 23.2 Å². The van der Waals surface area contributed by atoms with Crippen molar-refractivity contribution in [3.8, 4) is 0 Å². The molecule has 1 fully saturated rings. The number of nitrogens with one attached hydrogen (secondary N) is 3. The lowest BCUT2D eigenvalue weighted by molar-refractivity contribution is 0.0959. The molecule has 6 N–H and O–H groups in total. The van der Waals surface area contributed by atoms with Crippen LogP contribution in [0, 0.1) is 0 Å². The Labute approximate surface area is 191 Å². The number of thiophene rings is 1. The van der Waals surface area contributed by atoms with Crippen molar-refractivity contribution in [3.05, 3.63) is 40.9 Å². The number of rotatable bonds is 7. The molecule has 3 heterocycles. The van der Waals surface area contributed by atoms with Gasteiger partial charge in [-0.25, -0.2) is 9.97 Å². The van der Waals surface area contributed by atoms with Crippen LogP contribution in [-0.2, 0) is 6.42 Å². The Balaban J connectivity index is 1.36. The summed E-state index contributed by atoms with van der Waals surface area (Å²) in [5, 5.41) is 19.9. The van der Waals surface area contributed by atoms with Crippen LogP contribution in [0.4, 0.5) is 17.3 Å². The van der Waals surface area contributed by atoms with Gasteiger partial charge in [0.1, 0.15) is 9.71 Å². The third kappa shape index (κ3) is 4.62. The van der Waals surface area contributed by atoms with Gasteiger partial charge in [-0.15, -0.1) is 11.3 Å². The van der Waals surface area contributed by atoms with Gasteiger partial charge < -0.3 is 31.7 Å². The zero-order valence-corrected chi connectivity index (χ0v) is 19.1. The van der Waals surface area contributed by atoms with Gasteiger partial charge in [-0.2, -0.15) is 0 Å². The van der Waals surface area contributed by atoms with E-state index >= 15 is 0 Å². The topological polar surface area (TPSA) is 128 Å². The fourth-order valence-electron chi connectivity index (χ4n) is 3.96. The van der Waals surface area contributed by atoms with Crippen LogP contribution in [0.25, 0.3) is 10.2 Å². The molecule has 1 aliphatic rings. The summed E-state index contributed by atoms with van der Waals surface area (Å²) in [6, 6.07) is 8.40. The molecular weight excluding hydrogens is 426 g/mol. The summed E-state index contributed by atoms with van der Waals surface area (Å²) in [5.74, 6) is 0.0512. The molecule has 9 nitrogen and oxygen atoms in total. The van der Waals surface area contributed by atoms with Gasteiger partial charge in [0, 0.05) is 45.1 Å². The lowest BCUT2D eigenvalue weighted by Gasteiger charge is -2.41. The molecule has 0 spiro atoms. The molecule has 0 saturated carbocycles. The second kappa shape index (κ2) is 9.27. The van der Waals surface area contributed by atoms with E-state index in [4.69, 9.17) is 5.73 Å². The van der Waals surface area contributed by atoms with Crippen LogP contribution in [-0.4, -0.2) is 66.4 Å². The van der Waals surface area contributed by atoms with Gasteiger partial charge in [0.2, 0.25) is 5.95 Å². The number of piperazine rings is 1. The quantitative estimate of drug-likeness (QED) is 0.362. The number of nitrogens with two attached hydrogens (primary N) is 1. The average molecular weight is 456 g/mol. The van der Waals surface area contributed by atoms with E-state index in [0.717, 1.165) is 48.4 Å². The summed E-state index contributed by atoms with van der Waals surface area (Å²) in [6.07, 6.45) is 2.37. The number of aliphatic hydroxyl groups is 1. The van der Waals surface area contributed by atoms with Crippen molar-refractivity contribution < 1.29 is 9.90 Å². The maximum Gasteiger partial charge on any atom is 0.263 e. The number of nitrogens with zero attached hydrogens (tertiary/aromatic N) is 3. The van der Waals surface area contributed by atoms with Crippen LogP contribution < -0.4 is 26.6 Å². The van der Waals surface area contributed by atoms with Crippen molar-refractivity contribution in [1.29, 1.82) is 0 Å². The van der Waals surface area contributed by atoms with Crippen molar-refractivity contribution in [2.75, 3.05) is 55.8 Å². The number of carbonyl (C=O) groups excluding carboxylic acids is 1. The van der Waals surface area contributed by atoms with E-state index in [1.807, 2.05) is 6.92 Å². The largest absolute Gasteiger partial charge is 0.394 e. The number of nitrogen functional groups attached to an aromatic ring is 1. The highest BCUT2D eigenvalue weighted by atomic mass is 32.1. The first-order chi connectivity index (χ1) is 15.4. The molecule has 0 bridgehead atoms. The third-order valence-electron chi connectivity index (χ3n) is 5.75. The number of aliphatic hydroxyl groups excluding tert-OH is 1. The molecular formula is C22H29N7O2S. The van der Waals surface area contributed by atoms with Crippen molar-refractivity contribution in [2.45, 2.75) is 18.9 Å². The fourth-order valence-corrected chi connectivity index (χ4v) is 5.03. The van der Waals surface area contributed by atoms with Crippen LogP contribution in [0.15, 0.2) is 30.5 Å². The predicted octanol–water partition coefficient (Wildman–Crippen LogP) is 1.45. The fraction of sp³-hybridized carbons (Fsp3) is 0.409. The van der Waals surface area contributed by atoms with Crippen molar-refractivity contribution >= 4 is 44.8 Å². The highest BCUT2D eigenvalue weighted by molar-refractivity contribution is 7.21. The van der Waals surface area contributed by atoms with Gasteiger partial charge >= 0.3 is 0 Å². The average Bonchev–Trinajstić information content (AvgIpc) is 3.17. The first-order valence-electron chi connectivity index (χ1n) is 10.6. The molecule has 0 radical (unpaired) electrons. The minimum absolute atomic E-state index is 0.107. The van der Waals surface area contributed by atoms with Gasteiger partial charge in [0.25, 0.3) is 5.91 Å². The van der Waals surface area contributed by atoms with Crippen LogP contribution >= 0.6 is 11.3 Å². The molecule has 32 heavy (non-hydrogen) atoms.